The Labute approximate surface area is 121 Å². The van der Waals surface area contributed by atoms with Gasteiger partial charge < -0.3 is 0 Å². The van der Waals surface area contributed by atoms with Gasteiger partial charge in [-0.1, -0.05) is 41.9 Å². The Morgan fingerprint density at radius 1 is 0.850 bits per heavy atom. The summed E-state index contributed by atoms with van der Waals surface area (Å²) in [7, 11) is 0. The van der Waals surface area contributed by atoms with Crippen molar-refractivity contribution < 1.29 is 0 Å². The van der Waals surface area contributed by atoms with Gasteiger partial charge in [0.1, 0.15) is 0 Å². The maximum atomic E-state index is 11.9. The summed E-state index contributed by atoms with van der Waals surface area (Å²) in [4.78, 5) is 11.9. The van der Waals surface area contributed by atoms with Crippen molar-refractivity contribution in [2.45, 2.75) is 0 Å². The van der Waals surface area contributed by atoms with Crippen LogP contribution < -0.4 is 5.56 Å². The number of benzene rings is 2. The summed E-state index contributed by atoms with van der Waals surface area (Å²) in [6, 6.07) is 19.9. The molecular weight excluding hydrogens is 272 g/mol. The third kappa shape index (κ3) is 2.49. The highest BCUT2D eigenvalue weighted by molar-refractivity contribution is 6.30. The van der Waals surface area contributed by atoms with Gasteiger partial charge >= 0.3 is 0 Å². The third-order valence-electron chi connectivity index (χ3n) is 2.94. The second kappa shape index (κ2) is 5.31. The van der Waals surface area contributed by atoms with Crippen LogP contribution in [0.25, 0.3) is 16.9 Å². The Bertz CT molecular complexity index is 780. The number of aromatic nitrogens is 2. The molecule has 0 aliphatic rings. The van der Waals surface area contributed by atoms with Gasteiger partial charge in [0.25, 0.3) is 5.56 Å². The molecule has 3 rings (SSSR count). The third-order valence-corrected chi connectivity index (χ3v) is 3.19. The maximum Gasteiger partial charge on any atom is 0.271 e. The van der Waals surface area contributed by atoms with Crippen molar-refractivity contribution >= 4 is 11.6 Å². The zero-order chi connectivity index (χ0) is 13.9. The van der Waals surface area contributed by atoms with Crippen LogP contribution in [0.3, 0.4) is 0 Å². The molecule has 3 aromatic rings. The number of hydrogen-bond acceptors (Lipinski definition) is 2. The van der Waals surface area contributed by atoms with E-state index in [2.05, 4.69) is 5.10 Å². The molecule has 0 spiro atoms. The molecule has 0 aliphatic carbocycles. The van der Waals surface area contributed by atoms with Gasteiger partial charge in [-0.25, -0.2) is 0 Å². The Hall–Kier alpha value is -2.39. The van der Waals surface area contributed by atoms with Gasteiger partial charge in [0.15, 0.2) is 0 Å². The zero-order valence-electron chi connectivity index (χ0n) is 10.5. The summed E-state index contributed by atoms with van der Waals surface area (Å²) in [5.74, 6) is 0. The van der Waals surface area contributed by atoms with Gasteiger partial charge in [-0.05, 0) is 30.3 Å². The van der Waals surface area contributed by atoms with E-state index in [-0.39, 0.29) is 5.56 Å². The predicted molar refractivity (Wildman–Crippen MR) is 80.3 cm³/mol. The summed E-state index contributed by atoms with van der Waals surface area (Å²) in [6.07, 6.45) is 0. The molecule has 4 heteroatoms. The molecule has 3 nitrogen and oxygen atoms in total. The number of para-hydroxylation sites is 1. The standard InChI is InChI=1S/C16H11ClN2O/c17-13-8-6-12(7-9-13)15-10-11-16(20)19(18-15)14-4-2-1-3-5-14/h1-11H. The highest BCUT2D eigenvalue weighted by atomic mass is 35.5. The first-order valence-electron chi connectivity index (χ1n) is 6.16. The zero-order valence-corrected chi connectivity index (χ0v) is 11.3. The van der Waals surface area contributed by atoms with Crippen molar-refractivity contribution in [3.8, 4) is 16.9 Å². The summed E-state index contributed by atoms with van der Waals surface area (Å²) in [6.45, 7) is 0. The molecule has 0 aliphatic heterocycles. The fourth-order valence-electron chi connectivity index (χ4n) is 1.94. The van der Waals surface area contributed by atoms with Gasteiger partial charge in [-0.2, -0.15) is 9.78 Å². The first-order chi connectivity index (χ1) is 9.74. The van der Waals surface area contributed by atoms with E-state index in [1.54, 1.807) is 18.2 Å². The molecule has 0 unspecified atom stereocenters. The minimum Gasteiger partial charge on any atom is -0.267 e. The fourth-order valence-corrected chi connectivity index (χ4v) is 2.07. The van der Waals surface area contributed by atoms with E-state index in [4.69, 9.17) is 11.6 Å². The lowest BCUT2D eigenvalue weighted by Crippen LogP contribution is -2.20. The first-order valence-corrected chi connectivity index (χ1v) is 6.53. The average Bonchev–Trinajstić information content (AvgIpc) is 2.50. The Balaban J connectivity index is 2.12. The number of nitrogens with zero attached hydrogens (tertiary/aromatic N) is 2. The largest absolute Gasteiger partial charge is 0.271 e. The second-order valence-corrected chi connectivity index (χ2v) is 4.75. The minimum absolute atomic E-state index is 0.158. The molecular formula is C16H11ClN2O. The SMILES string of the molecule is O=c1ccc(-c2ccc(Cl)cc2)nn1-c1ccccc1. The van der Waals surface area contributed by atoms with Crippen LogP contribution in [0.2, 0.25) is 5.02 Å². The van der Waals surface area contributed by atoms with E-state index in [0.29, 0.717) is 5.02 Å². The molecule has 0 radical (unpaired) electrons. The quantitative estimate of drug-likeness (QED) is 0.720. The summed E-state index contributed by atoms with van der Waals surface area (Å²) in [5.41, 5.74) is 2.23. The molecule has 98 valence electrons. The highest BCUT2D eigenvalue weighted by Crippen LogP contribution is 2.18. The summed E-state index contributed by atoms with van der Waals surface area (Å²) < 4.78 is 1.39. The Kier molecular flexibility index (Phi) is 3.35. The first kappa shape index (κ1) is 12.6. The van der Waals surface area contributed by atoms with Crippen LogP contribution in [0.15, 0.2) is 71.5 Å². The number of hydrogen-bond donors (Lipinski definition) is 0. The molecule has 0 bridgehead atoms. The second-order valence-electron chi connectivity index (χ2n) is 4.31. The van der Waals surface area contributed by atoms with Gasteiger partial charge in [0, 0.05) is 16.7 Å². The van der Waals surface area contributed by atoms with E-state index < -0.39 is 0 Å². The molecule has 2 aromatic carbocycles. The lowest BCUT2D eigenvalue weighted by molar-refractivity contribution is 0.812. The molecule has 0 saturated heterocycles. The maximum absolute atomic E-state index is 11.9. The minimum atomic E-state index is -0.158. The van der Waals surface area contributed by atoms with Crippen LogP contribution in [-0.4, -0.2) is 9.78 Å². The van der Waals surface area contributed by atoms with E-state index in [9.17, 15) is 4.79 Å². The fraction of sp³-hybridized carbons (Fsp3) is 0. The van der Waals surface area contributed by atoms with E-state index >= 15 is 0 Å². The van der Waals surface area contributed by atoms with Crippen molar-refractivity contribution in [1.29, 1.82) is 0 Å². The van der Waals surface area contributed by atoms with E-state index in [0.717, 1.165) is 16.9 Å². The molecule has 0 amide bonds. The van der Waals surface area contributed by atoms with E-state index in [1.807, 2.05) is 42.5 Å². The molecule has 1 aromatic heterocycles. The van der Waals surface area contributed by atoms with Crippen molar-refractivity contribution in [3.05, 3.63) is 82.1 Å². The molecule has 0 atom stereocenters. The normalized spacial score (nSPS) is 10.4. The van der Waals surface area contributed by atoms with Gasteiger partial charge in [0.05, 0.1) is 11.4 Å². The topological polar surface area (TPSA) is 34.9 Å². The van der Waals surface area contributed by atoms with Crippen LogP contribution in [-0.2, 0) is 0 Å². The van der Waals surface area contributed by atoms with Crippen LogP contribution in [0.5, 0.6) is 0 Å². The van der Waals surface area contributed by atoms with E-state index in [1.165, 1.54) is 10.7 Å². The molecule has 0 saturated carbocycles. The van der Waals surface area contributed by atoms with Crippen molar-refractivity contribution in [2.24, 2.45) is 0 Å². The molecule has 1 heterocycles. The lowest BCUT2D eigenvalue weighted by atomic mass is 10.1. The van der Waals surface area contributed by atoms with Crippen LogP contribution >= 0.6 is 11.6 Å². The van der Waals surface area contributed by atoms with Gasteiger partial charge in [0.2, 0.25) is 0 Å². The summed E-state index contributed by atoms with van der Waals surface area (Å²) >= 11 is 5.88. The molecule has 0 N–H and O–H groups in total. The average molecular weight is 283 g/mol. The number of halogens is 1. The predicted octanol–water partition coefficient (Wildman–Crippen LogP) is 3.55. The Morgan fingerprint density at radius 3 is 2.25 bits per heavy atom. The van der Waals surface area contributed by atoms with Crippen LogP contribution in [0.4, 0.5) is 0 Å². The Morgan fingerprint density at radius 2 is 1.55 bits per heavy atom. The van der Waals surface area contributed by atoms with Gasteiger partial charge in [-0.3, -0.25) is 4.79 Å². The smallest absolute Gasteiger partial charge is 0.267 e. The molecule has 0 fully saturated rings. The van der Waals surface area contributed by atoms with Gasteiger partial charge in [-0.15, -0.1) is 0 Å². The number of rotatable bonds is 2. The van der Waals surface area contributed by atoms with Crippen molar-refractivity contribution in [2.75, 3.05) is 0 Å². The highest BCUT2D eigenvalue weighted by Gasteiger charge is 2.04. The molecule has 20 heavy (non-hydrogen) atoms. The monoisotopic (exact) mass is 282 g/mol. The lowest BCUT2D eigenvalue weighted by Gasteiger charge is -2.07. The van der Waals surface area contributed by atoms with Crippen molar-refractivity contribution in [1.82, 2.24) is 9.78 Å². The van der Waals surface area contributed by atoms with Crippen molar-refractivity contribution in [3.63, 3.8) is 0 Å². The van der Waals surface area contributed by atoms with Crippen LogP contribution in [0.1, 0.15) is 0 Å². The van der Waals surface area contributed by atoms with Crippen LogP contribution in [0, 0.1) is 0 Å². The summed E-state index contributed by atoms with van der Waals surface area (Å²) in [5, 5.41) is 5.07.